The van der Waals surface area contributed by atoms with Gasteiger partial charge in [0.1, 0.15) is 0 Å². The molecule has 0 N–H and O–H groups in total. The second kappa shape index (κ2) is 3.68. The summed E-state index contributed by atoms with van der Waals surface area (Å²) in [5.41, 5.74) is 1.07. The molecule has 0 atom stereocenters. The summed E-state index contributed by atoms with van der Waals surface area (Å²) in [7, 11) is 1.43. The van der Waals surface area contributed by atoms with Crippen LogP contribution < -0.4 is 4.74 Å². The number of hydrogen-bond acceptors (Lipinski definition) is 3. The average molecular weight is 207 g/mol. The fourth-order valence-corrected chi connectivity index (χ4v) is 1.36. The van der Waals surface area contributed by atoms with Gasteiger partial charge in [-0.2, -0.15) is 15.0 Å². The first-order valence-electron chi connectivity index (χ1n) is 4.44. The van der Waals surface area contributed by atoms with E-state index in [1.807, 2.05) is 0 Å². The molecule has 0 bridgehead atoms. The van der Waals surface area contributed by atoms with E-state index in [1.54, 1.807) is 31.5 Å². The minimum atomic E-state index is -0.382. The Balaban J connectivity index is 2.56. The van der Waals surface area contributed by atoms with E-state index in [0.717, 1.165) is 0 Å². The number of aromatic nitrogens is 3. The van der Waals surface area contributed by atoms with Crippen LogP contribution in [0, 0.1) is 12.7 Å². The fraction of sp³-hybridized carbons (Fsp3) is 0.200. The second-order valence-corrected chi connectivity index (χ2v) is 3.04. The van der Waals surface area contributed by atoms with Crippen molar-refractivity contribution in [3.63, 3.8) is 0 Å². The smallest absolute Gasteiger partial charge is 0.170 e. The molecule has 2 rings (SSSR count). The molecule has 78 valence electrons. The predicted octanol–water partition coefficient (Wildman–Crippen LogP) is 1.72. The third-order valence-corrected chi connectivity index (χ3v) is 2.18. The number of hydrogen-bond donors (Lipinski definition) is 0. The molecule has 0 amide bonds. The molecule has 1 aromatic carbocycles. The van der Waals surface area contributed by atoms with E-state index < -0.39 is 0 Å². The zero-order valence-corrected chi connectivity index (χ0v) is 8.44. The number of halogens is 1. The number of ether oxygens (including phenoxy) is 1. The number of benzene rings is 1. The van der Waals surface area contributed by atoms with Gasteiger partial charge in [-0.1, -0.05) is 0 Å². The van der Waals surface area contributed by atoms with Gasteiger partial charge in [-0.15, -0.1) is 0 Å². The second-order valence-electron chi connectivity index (χ2n) is 3.04. The molecule has 1 heterocycles. The third-order valence-electron chi connectivity index (χ3n) is 2.18. The molecule has 1 aromatic heterocycles. The third kappa shape index (κ3) is 1.56. The lowest BCUT2D eigenvalue weighted by Crippen LogP contribution is -2.03. The van der Waals surface area contributed by atoms with Crippen LogP contribution in [0.15, 0.2) is 24.5 Å². The zero-order chi connectivity index (χ0) is 10.8. The Morgan fingerprint density at radius 3 is 2.53 bits per heavy atom. The first-order chi connectivity index (χ1) is 7.24. The van der Waals surface area contributed by atoms with E-state index in [9.17, 15) is 4.39 Å². The van der Waals surface area contributed by atoms with Crippen molar-refractivity contribution in [2.75, 3.05) is 7.11 Å². The largest absolute Gasteiger partial charge is 0.494 e. The van der Waals surface area contributed by atoms with E-state index in [0.29, 0.717) is 11.3 Å². The summed E-state index contributed by atoms with van der Waals surface area (Å²) in [5.74, 6) is -0.157. The average Bonchev–Trinajstić information content (AvgIpc) is 2.75. The zero-order valence-electron chi connectivity index (χ0n) is 8.44. The monoisotopic (exact) mass is 207 g/mol. The van der Waals surface area contributed by atoms with E-state index in [2.05, 4.69) is 10.2 Å². The van der Waals surface area contributed by atoms with Gasteiger partial charge in [-0.25, -0.2) is 4.39 Å². The first-order valence-corrected chi connectivity index (χ1v) is 4.44. The van der Waals surface area contributed by atoms with Crippen LogP contribution in [0.4, 0.5) is 4.39 Å². The van der Waals surface area contributed by atoms with Gasteiger partial charge >= 0.3 is 0 Å². The lowest BCUT2D eigenvalue weighted by atomic mass is 10.2. The molecule has 0 saturated heterocycles. The molecule has 15 heavy (non-hydrogen) atoms. The van der Waals surface area contributed by atoms with Crippen molar-refractivity contribution >= 4 is 0 Å². The van der Waals surface area contributed by atoms with Crippen LogP contribution in [-0.4, -0.2) is 22.1 Å². The van der Waals surface area contributed by atoms with Gasteiger partial charge in [0.15, 0.2) is 11.6 Å². The first kappa shape index (κ1) is 9.64. The SMILES string of the molecule is COc1ccc(-n2nccn2)c(C)c1F. The van der Waals surface area contributed by atoms with E-state index in [4.69, 9.17) is 4.74 Å². The van der Waals surface area contributed by atoms with Crippen LogP contribution in [0.1, 0.15) is 5.56 Å². The Morgan fingerprint density at radius 2 is 1.93 bits per heavy atom. The summed E-state index contributed by atoms with van der Waals surface area (Å²) < 4.78 is 18.5. The minimum Gasteiger partial charge on any atom is -0.494 e. The lowest BCUT2D eigenvalue weighted by Gasteiger charge is -2.08. The van der Waals surface area contributed by atoms with Crippen LogP contribution in [0.3, 0.4) is 0 Å². The normalized spacial score (nSPS) is 10.3. The van der Waals surface area contributed by atoms with Gasteiger partial charge in [-0.3, -0.25) is 0 Å². The Bertz CT molecular complexity index is 468. The molecule has 4 nitrogen and oxygen atoms in total. The quantitative estimate of drug-likeness (QED) is 0.752. The van der Waals surface area contributed by atoms with Gasteiger partial charge in [-0.05, 0) is 19.1 Å². The van der Waals surface area contributed by atoms with E-state index in [-0.39, 0.29) is 11.6 Å². The fourth-order valence-electron chi connectivity index (χ4n) is 1.36. The highest BCUT2D eigenvalue weighted by Crippen LogP contribution is 2.24. The van der Waals surface area contributed by atoms with Gasteiger partial charge in [0.2, 0.25) is 0 Å². The summed E-state index contributed by atoms with van der Waals surface area (Å²) in [4.78, 5) is 1.37. The van der Waals surface area contributed by atoms with Gasteiger partial charge in [0.05, 0.1) is 25.2 Å². The summed E-state index contributed by atoms with van der Waals surface area (Å²) in [5, 5.41) is 7.88. The van der Waals surface area contributed by atoms with Crippen LogP contribution in [-0.2, 0) is 0 Å². The molecule has 0 aliphatic carbocycles. The van der Waals surface area contributed by atoms with E-state index >= 15 is 0 Å². The van der Waals surface area contributed by atoms with Crippen molar-refractivity contribution in [2.24, 2.45) is 0 Å². The summed E-state index contributed by atoms with van der Waals surface area (Å²) >= 11 is 0. The van der Waals surface area contributed by atoms with Crippen molar-refractivity contribution in [3.8, 4) is 11.4 Å². The number of nitrogens with zero attached hydrogens (tertiary/aromatic N) is 3. The summed E-state index contributed by atoms with van der Waals surface area (Å²) in [6.07, 6.45) is 3.09. The molecule has 2 aromatic rings. The summed E-state index contributed by atoms with van der Waals surface area (Å²) in [6.45, 7) is 1.66. The standard InChI is InChI=1S/C10H10FN3O/c1-7-8(14-12-5-6-13-14)3-4-9(15-2)10(7)11/h3-6H,1-2H3. The van der Waals surface area contributed by atoms with Gasteiger partial charge in [0.25, 0.3) is 0 Å². The molecule has 0 saturated carbocycles. The maximum atomic E-state index is 13.7. The van der Waals surface area contributed by atoms with Crippen LogP contribution in [0.5, 0.6) is 5.75 Å². The molecule has 0 aliphatic rings. The lowest BCUT2D eigenvalue weighted by molar-refractivity contribution is 0.384. The van der Waals surface area contributed by atoms with Crippen molar-refractivity contribution in [1.29, 1.82) is 0 Å². The van der Waals surface area contributed by atoms with Crippen LogP contribution in [0.25, 0.3) is 5.69 Å². The predicted molar refractivity (Wildman–Crippen MR) is 52.6 cm³/mol. The van der Waals surface area contributed by atoms with Crippen molar-refractivity contribution in [2.45, 2.75) is 6.92 Å². The maximum absolute atomic E-state index is 13.7. The Kier molecular flexibility index (Phi) is 2.37. The van der Waals surface area contributed by atoms with Crippen molar-refractivity contribution in [1.82, 2.24) is 15.0 Å². The molecular weight excluding hydrogens is 197 g/mol. The van der Waals surface area contributed by atoms with Crippen LogP contribution in [0.2, 0.25) is 0 Å². The molecule has 0 unspecified atom stereocenters. The highest BCUT2D eigenvalue weighted by Gasteiger charge is 2.11. The van der Waals surface area contributed by atoms with Gasteiger partial charge < -0.3 is 4.74 Å². The Hall–Kier alpha value is -1.91. The molecule has 0 aliphatic heterocycles. The highest BCUT2D eigenvalue weighted by molar-refractivity contribution is 5.45. The number of rotatable bonds is 2. The molecular formula is C10H10FN3O. The topological polar surface area (TPSA) is 39.9 Å². The molecule has 5 heteroatoms. The maximum Gasteiger partial charge on any atom is 0.170 e. The molecule has 0 fully saturated rings. The Labute approximate surface area is 86.3 Å². The van der Waals surface area contributed by atoms with Crippen LogP contribution >= 0.6 is 0 Å². The highest BCUT2D eigenvalue weighted by atomic mass is 19.1. The summed E-state index contributed by atoms with van der Waals surface area (Å²) in [6, 6.07) is 3.28. The van der Waals surface area contributed by atoms with Crippen molar-refractivity contribution in [3.05, 3.63) is 35.9 Å². The van der Waals surface area contributed by atoms with E-state index in [1.165, 1.54) is 11.9 Å². The van der Waals surface area contributed by atoms with Gasteiger partial charge in [0, 0.05) is 5.56 Å². The Morgan fingerprint density at radius 1 is 1.27 bits per heavy atom. The molecule has 0 radical (unpaired) electrons. The minimum absolute atomic E-state index is 0.225. The number of methoxy groups -OCH3 is 1. The van der Waals surface area contributed by atoms with Crippen molar-refractivity contribution < 1.29 is 9.13 Å². The molecule has 0 spiro atoms.